The smallest absolute Gasteiger partial charge is 0.344 e. The molecular weight excluding hydrogens is 420 g/mol. The van der Waals surface area contributed by atoms with Crippen LogP contribution < -0.4 is 16.1 Å². The van der Waals surface area contributed by atoms with Gasteiger partial charge in [0.25, 0.3) is 11.8 Å². The van der Waals surface area contributed by atoms with Gasteiger partial charge in [-0.05, 0) is 30.5 Å². The van der Waals surface area contributed by atoms with Gasteiger partial charge in [0.1, 0.15) is 16.9 Å². The van der Waals surface area contributed by atoms with Gasteiger partial charge in [-0.2, -0.15) is 5.01 Å². The first-order chi connectivity index (χ1) is 16.1. The first kappa shape index (κ1) is 21.2. The summed E-state index contributed by atoms with van der Waals surface area (Å²) in [5.74, 6) is -0.188. The molecular formula is C25H26N4O4. The normalized spacial score (nSPS) is 18.5. The van der Waals surface area contributed by atoms with Crippen molar-refractivity contribution in [2.24, 2.45) is 0 Å². The molecule has 1 atom stereocenters. The van der Waals surface area contributed by atoms with Crippen LogP contribution in [0, 0.1) is 0 Å². The molecule has 2 fully saturated rings. The Labute approximate surface area is 191 Å². The van der Waals surface area contributed by atoms with Gasteiger partial charge < -0.3 is 9.73 Å². The van der Waals surface area contributed by atoms with Crippen molar-refractivity contribution >= 4 is 28.8 Å². The van der Waals surface area contributed by atoms with E-state index in [1.54, 1.807) is 0 Å². The molecule has 0 bridgehead atoms. The van der Waals surface area contributed by atoms with Crippen LogP contribution in [0.1, 0.15) is 49.5 Å². The van der Waals surface area contributed by atoms with Crippen LogP contribution in [0.15, 0.2) is 65.1 Å². The maximum Gasteiger partial charge on any atom is 0.344 e. The number of hydrogen-bond donors (Lipinski definition) is 3. The van der Waals surface area contributed by atoms with Gasteiger partial charge in [-0.3, -0.25) is 20.3 Å². The third-order valence-corrected chi connectivity index (χ3v) is 6.43. The fourth-order valence-corrected chi connectivity index (χ4v) is 4.75. The van der Waals surface area contributed by atoms with Gasteiger partial charge >= 0.3 is 6.03 Å². The lowest BCUT2D eigenvalue weighted by atomic mass is 9.82. The SMILES string of the molecule is O=C(CN[C@H](c1ccccc1)c1cc2ccccc2o1)NN1C(=O)NC2(CCCCC2)C1=O. The van der Waals surface area contributed by atoms with Crippen LogP contribution in [0.5, 0.6) is 0 Å². The number of furan rings is 1. The van der Waals surface area contributed by atoms with Crippen LogP contribution in [0.3, 0.4) is 0 Å². The number of fused-ring (bicyclic) bond motifs is 1. The topological polar surface area (TPSA) is 104 Å². The highest BCUT2D eigenvalue weighted by molar-refractivity contribution is 6.08. The summed E-state index contributed by atoms with van der Waals surface area (Å²) in [6.45, 7) is -0.110. The van der Waals surface area contributed by atoms with Crippen molar-refractivity contribution in [2.45, 2.75) is 43.7 Å². The molecule has 0 unspecified atom stereocenters. The van der Waals surface area contributed by atoms with Crippen molar-refractivity contribution in [2.75, 3.05) is 6.54 Å². The van der Waals surface area contributed by atoms with Gasteiger partial charge in [0.2, 0.25) is 0 Å². The molecule has 5 rings (SSSR count). The van der Waals surface area contributed by atoms with E-state index < -0.39 is 17.5 Å². The highest BCUT2D eigenvalue weighted by atomic mass is 16.3. The van der Waals surface area contributed by atoms with Crippen molar-refractivity contribution in [3.05, 3.63) is 72.0 Å². The van der Waals surface area contributed by atoms with Crippen LogP contribution in [-0.2, 0) is 9.59 Å². The molecule has 3 aromatic rings. The number of hydrazine groups is 1. The average molecular weight is 447 g/mol. The van der Waals surface area contributed by atoms with Crippen LogP contribution in [0.2, 0.25) is 0 Å². The molecule has 1 saturated heterocycles. The molecule has 8 nitrogen and oxygen atoms in total. The molecule has 1 aliphatic carbocycles. The van der Waals surface area contributed by atoms with E-state index in [-0.39, 0.29) is 18.5 Å². The molecule has 33 heavy (non-hydrogen) atoms. The maximum atomic E-state index is 12.9. The second-order valence-electron chi connectivity index (χ2n) is 8.66. The largest absolute Gasteiger partial charge is 0.459 e. The molecule has 1 aliphatic heterocycles. The van der Waals surface area contributed by atoms with E-state index in [0.29, 0.717) is 18.6 Å². The minimum Gasteiger partial charge on any atom is -0.459 e. The fourth-order valence-electron chi connectivity index (χ4n) is 4.75. The van der Waals surface area contributed by atoms with E-state index in [2.05, 4.69) is 16.1 Å². The molecule has 4 amide bonds. The Bertz CT molecular complexity index is 1150. The van der Waals surface area contributed by atoms with E-state index in [4.69, 9.17) is 4.42 Å². The average Bonchev–Trinajstić information content (AvgIpc) is 3.35. The number of hydrogen-bond acceptors (Lipinski definition) is 5. The van der Waals surface area contributed by atoms with Gasteiger partial charge in [-0.15, -0.1) is 0 Å². The van der Waals surface area contributed by atoms with E-state index in [0.717, 1.165) is 40.8 Å². The summed E-state index contributed by atoms with van der Waals surface area (Å²) < 4.78 is 6.04. The molecule has 2 aromatic carbocycles. The first-order valence-electron chi connectivity index (χ1n) is 11.3. The molecule has 3 N–H and O–H groups in total. The zero-order chi connectivity index (χ0) is 22.8. The summed E-state index contributed by atoms with van der Waals surface area (Å²) >= 11 is 0. The number of rotatable bonds is 6. The zero-order valence-corrected chi connectivity index (χ0v) is 18.2. The van der Waals surface area contributed by atoms with Crippen molar-refractivity contribution in [3.8, 4) is 0 Å². The van der Waals surface area contributed by atoms with Gasteiger partial charge in [0.05, 0.1) is 12.6 Å². The number of imide groups is 1. The lowest BCUT2D eigenvalue weighted by Gasteiger charge is -2.30. The number of benzene rings is 2. The number of para-hydroxylation sites is 1. The lowest BCUT2D eigenvalue weighted by molar-refractivity contribution is -0.139. The van der Waals surface area contributed by atoms with Gasteiger partial charge in [0, 0.05) is 5.39 Å². The predicted octanol–water partition coefficient (Wildman–Crippen LogP) is 3.40. The van der Waals surface area contributed by atoms with Crippen molar-refractivity contribution in [3.63, 3.8) is 0 Å². The highest BCUT2D eigenvalue weighted by Crippen LogP contribution is 2.33. The molecule has 1 spiro atoms. The molecule has 0 radical (unpaired) electrons. The Morgan fingerprint density at radius 1 is 1.03 bits per heavy atom. The summed E-state index contributed by atoms with van der Waals surface area (Å²) in [5.41, 5.74) is 3.29. The van der Waals surface area contributed by atoms with E-state index >= 15 is 0 Å². The number of nitrogens with zero attached hydrogens (tertiary/aromatic N) is 1. The van der Waals surface area contributed by atoms with Gasteiger partial charge in [0.15, 0.2) is 0 Å². The quantitative estimate of drug-likeness (QED) is 0.504. The minimum absolute atomic E-state index is 0.110. The lowest BCUT2D eigenvalue weighted by Crippen LogP contribution is -2.52. The maximum absolute atomic E-state index is 12.9. The summed E-state index contributed by atoms with van der Waals surface area (Å²) in [6.07, 6.45) is 4.01. The van der Waals surface area contributed by atoms with Crippen molar-refractivity contribution in [1.29, 1.82) is 0 Å². The monoisotopic (exact) mass is 446 g/mol. The Morgan fingerprint density at radius 2 is 1.76 bits per heavy atom. The molecule has 2 heterocycles. The Balaban J connectivity index is 1.30. The molecule has 1 aromatic heterocycles. The summed E-state index contributed by atoms with van der Waals surface area (Å²) in [7, 11) is 0. The summed E-state index contributed by atoms with van der Waals surface area (Å²) in [6, 6.07) is 18.4. The van der Waals surface area contributed by atoms with Gasteiger partial charge in [-0.1, -0.05) is 67.8 Å². The molecule has 1 saturated carbocycles. The molecule has 8 heteroatoms. The summed E-state index contributed by atoms with van der Waals surface area (Å²) in [4.78, 5) is 38.0. The van der Waals surface area contributed by atoms with Crippen LogP contribution in [-0.4, -0.2) is 34.9 Å². The number of nitrogens with one attached hydrogen (secondary N) is 3. The molecule has 2 aliphatic rings. The number of carbonyl (C=O) groups excluding carboxylic acids is 3. The zero-order valence-electron chi connectivity index (χ0n) is 18.2. The van der Waals surface area contributed by atoms with Crippen molar-refractivity contribution < 1.29 is 18.8 Å². The minimum atomic E-state index is -0.878. The van der Waals surface area contributed by atoms with E-state index in [1.165, 1.54) is 0 Å². The molecule has 170 valence electrons. The van der Waals surface area contributed by atoms with Crippen LogP contribution >= 0.6 is 0 Å². The summed E-state index contributed by atoms with van der Waals surface area (Å²) in [5, 5.41) is 7.80. The standard InChI is InChI=1S/C25H26N4O4/c30-21(28-29-23(31)25(27-24(29)32)13-7-2-8-14-25)16-26-22(17-9-3-1-4-10-17)20-15-18-11-5-6-12-19(18)33-20/h1,3-6,9-12,15,22,26H,2,7-8,13-14,16H2,(H,27,32)(H,28,30)/t22-/m1/s1. The number of amides is 4. The predicted molar refractivity (Wildman–Crippen MR) is 122 cm³/mol. The van der Waals surface area contributed by atoms with Crippen LogP contribution in [0.25, 0.3) is 11.0 Å². The third-order valence-electron chi connectivity index (χ3n) is 6.43. The number of urea groups is 1. The second kappa shape index (κ2) is 8.71. The third kappa shape index (κ3) is 4.09. The van der Waals surface area contributed by atoms with Crippen LogP contribution in [0.4, 0.5) is 4.79 Å². The van der Waals surface area contributed by atoms with Crippen molar-refractivity contribution in [1.82, 2.24) is 21.1 Å². The fraction of sp³-hybridized carbons (Fsp3) is 0.320. The Morgan fingerprint density at radius 3 is 2.52 bits per heavy atom. The Hall–Kier alpha value is -3.65. The van der Waals surface area contributed by atoms with E-state index in [1.807, 2.05) is 60.7 Å². The first-order valence-corrected chi connectivity index (χ1v) is 11.3. The Kier molecular flexibility index (Phi) is 5.60. The van der Waals surface area contributed by atoms with E-state index in [9.17, 15) is 14.4 Å². The highest BCUT2D eigenvalue weighted by Gasteiger charge is 2.52. The number of carbonyl (C=O) groups is 3. The van der Waals surface area contributed by atoms with Gasteiger partial charge in [-0.25, -0.2) is 4.79 Å². The second-order valence-corrected chi connectivity index (χ2v) is 8.66.